The van der Waals surface area contributed by atoms with Crippen LogP contribution in [0.1, 0.15) is 16.7 Å². The van der Waals surface area contributed by atoms with Gasteiger partial charge in [0, 0.05) is 10.7 Å². The molecule has 34 heavy (non-hydrogen) atoms. The predicted molar refractivity (Wildman–Crippen MR) is 126 cm³/mol. The van der Waals surface area contributed by atoms with E-state index in [1.54, 1.807) is 36.4 Å². The summed E-state index contributed by atoms with van der Waals surface area (Å²) in [4.78, 5) is 7.94. The highest BCUT2D eigenvalue weighted by atomic mass is 35.5. The summed E-state index contributed by atoms with van der Waals surface area (Å²) < 4.78 is 68.7. The third kappa shape index (κ3) is 4.92. The van der Waals surface area contributed by atoms with Crippen LogP contribution in [0.25, 0.3) is 11.0 Å². The number of sulfonamides is 1. The van der Waals surface area contributed by atoms with Crippen molar-refractivity contribution in [3.8, 4) is 0 Å². The van der Waals surface area contributed by atoms with E-state index in [4.69, 9.17) is 11.6 Å². The normalized spacial score (nSPS) is 12.1. The molecule has 0 fully saturated rings. The molecule has 3 aromatic carbocycles. The Morgan fingerprint density at radius 1 is 0.853 bits per heavy atom. The van der Waals surface area contributed by atoms with E-state index in [-0.39, 0.29) is 11.6 Å². The van der Waals surface area contributed by atoms with Crippen LogP contribution in [0.4, 0.5) is 30.5 Å². The first kappa shape index (κ1) is 23.8. The van der Waals surface area contributed by atoms with E-state index in [2.05, 4.69) is 20.0 Å². The first-order valence-corrected chi connectivity index (χ1v) is 11.8. The van der Waals surface area contributed by atoms with Crippen molar-refractivity contribution in [2.75, 3.05) is 10.0 Å². The molecule has 0 aliphatic carbocycles. The summed E-state index contributed by atoms with van der Waals surface area (Å²) in [7, 11) is -4.68. The summed E-state index contributed by atoms with van der Waals surface area (Å²) in [5, 5.41) is 3.37. The number of fused-ring (bicyclic) bond motifs is 1. The zero-order valence-corrected chi connectivity index (χ0v) is 19.5. The van der Waals surface area contributed by atoms with Crippen molar-refractivity contribution in [2.45, 2.75) is 24.9 Å². The lowest BCUT2D eigenvalue weighted by molar-refractivity contribution is -0.139. The number of anilines is 3. The highest BCUT2D eigenvalue weighted by molar-refractivity contribution is 7.92. The molecule has 0 spiro atoms. The standard InChI is InChI=1S/C23H18ClF3N4O2S/c1-13-10-18-19(11-14(13)2)30-22(21(29-18)28-16-7-5-6-15(24)12-16)31-34(32,33)20-9-4-3-8-17(20)23(25,26)27/h3-12H,1-2H3,(H,28,29)(H,30,31). The molecule has 0 bridgehead atoms. The van der Waals surface area contributed by atoms with E-state index in [9.17, 15) is 21.6 Å². The van der Waals surface area contributed by atoms with Gasteiger partial charge < -0.3 is 5.32 Å². The molecule has 0 radical (unpaired) electrons. The fourth-order valence-corrected chi connectivity index (χ4v) is 4.72. The van der Waals surface area contributed by atoms with E-state index >= 15 is 0 Å². The molecule has 6 nitrogen and oxygen atoms in total. The number of aryl methyl sites for hydroxylation is 2. The molecule has 11 heteroatoms. The van der Waals surface area contributed by atoms with Gasteiger partial charge in [-0.1, -0.05) is 29.8 Å². The molecule has 1 aromatic heterocycles. The molecule has 4 rings (SSSR count). The van der Waals surface area contributed by atoms with Crippen LogP contribution in [-0.2, 0) is 16.2 Å². The van der Waals surface area contributed by atoms with Crippen LogP contribution in [-0.4, -0.2) is 18.4 Å². The maximum Gasteiger partial charge on any atom is 0.417 e. The summed E-state index contributed by atoms with van der Waals surface area (Å²) in [6, 6.07) is 14.0. The molecule has 0 saturated heterocycles. The number of hydrogen-bond donors (Lipinski definition) is 2. The molecule has 1 heterocycles. The second-order valence-electron chi connectivity index (χ2n) is 7.58. The van der Waals surface area contributed by atoms with Gasteiger partial charge in [0.25, 0.3) is 10.0 Å². The number of nitrogens with zero attached hydrogens (tertiary/aromatic N) is 2. The number of benzene rings is 3. The highest BCUT2D eigenvalue weighted by Gasteiger charge is 2.37. The first-order valence-electron chi connectivity index (χ1n) is 9.95. The Morgan fingerprint density at radius 2 is 1.47 bits per heavy atom. The molecule has 0 amide bonds. The van der Waals surface area contributed by atoms with E-state index in [0.29, 0.717) is 27.8 Å². The van der Waals surface area contributed by atoms with Crippen molar-refractivity contribution in [3.63, 3.8) is 0 Å². The second kappa shape index (κ2) is 8.77. The third-order valence-electron chi connectivity index (χ3n) is 5.08. The third-order valence-corrected chi connectivity index (χ3v) is 6.71. The van der Waals surface area contributed by atoms with Gasteiger partial charge in [0.1, 0.15) is 0 Å². The van der Waals surface area contributed by atoms with Gasteiger partial charge in [0.05, 0.1) is 21.5 Å². The van der Waals surface area contributed by atoms with Gasteiger partial charge in [0.2, 0.25) is 0 Å². The van der Waals surface area contributed by atoms with Gasteiger partial charge in [-0.3, -0.25) is 4.72 Å². The van der Waals surface area contributed by atoms with Gasteiger partial charge in [-0.05, 0) is 67.4 Å². The monoisotopic (exact) mass is 506 g/mol. The average molecular weight is 507 g/mol. The Morgan fingerprint density at radius 3 is 2.09 bits per heavy atom. The van der Waals surface area contributed by atoms with E-state index < -0.39 is 26.7 Å². The smallest absolute Gasteiger partial charge is 0.337 e. The molecule has 0 aliphatic heterocycles. The summed E-state index contributed by atoms with van der Waals surface area (Å²) in [5.74, 6) is -0.251. The van der Waals surface area contributed by atoms with Gasteiger partial charge in [-0.2, -0.15) is 13.2 Å². The molecule has 0 aliphatic rings. The SMILES string of the molecule is Cc1cc2nc(Nc3cccc(Cl)c3)c(NS(=O)(=O)c3ccccc3C(F)(F)F)nc2cc1C. The molecule has 0 saturated carbocycles. The van der Waals surface area contributed by atoms with Gasteiger partial charge in [0.15, 0.2) is 11.6 Å². The fourth-order valence-electron chi connectivity index (χ4n) is 3.29. The molecule has 2 N–H and O–H groups in total. The van der Waals surface area contributed by atoms with Crippen LogP contribution in [0.2, 0.25) is 5.02 Å². The van der Waals surface area contributed by atoms with E-state index in [0.717, 1.165) is 23.3 Å². The minimum Gasteiger partial charge on any atom is -0.337 e. The van der Waals surface area contributed by atoms with Crippen LogP contribution in [0, 0.1) is 13.8 Å². The molecule has 0 unspecified atom stereocenters. The fraction of sp³-hybridized carbons (Fsp3) is 0.130. The lowest BCUT2D eigenvalue weighted by Gasteiger charge is -2.17. The van der Waals surface area contributed by atoms with Crippen molar-refractivity contribution in [1.29, 1.82) is 0 Å². The Hall–Kier alpha value is -3.37. The van der Waals surface area contributed by atoms with Crippen molar-refractivity contribution >= 4 is 50.0 Å². The molecule has 176 valence electrons. The molecular formula is C23H18ClF3N4O2S. The molecular weight excluding hydrogens is 489 g/mol. The van der Waals surface area contributed by atoms with Crippen LogP contribution in [0.5, 0.6) is 0 Å². The summed E-state index contributed by atoms with van der Waals surface area (Å²) >= 11 is 6.04. The minimum atomic E-state index is -4.86. The van der Waals surface area contributed by atoms with Crippen molar-refractivity contribution in [2.24, 2.45) is 0 Å². The van der Waals surface area contributed by atoms with Crippen LogP contribution < -0.4 is 10.0 Å². The van der Waals surface area contributed by atoms with E-state index in [1.807, 2.05) is 13.8 Å². The van der Waals surface area contributed by atoms with Crippen LogP contribution >= 0.6 is 11.6 Å². The average Bonchev–Trinajstić information content (AvgIpc) is 2.75. The molecule has 4 aromatic rings. The van der Waals surface area contributed by atoms with Crippen LogP contribution in [0.15, 0.2) is 65.6 Å². The van der Waals surface area contributed by atoms with Crippen molar-refractivity contribution < 1.29 is 21.6 Å². The lowest BCUT2D eigenvalue weighted by Crippen LogP contribution is -2.20. The maximum atomic E-state index is 13.5. The summed E-state index contributed by atoms with van der Waals surface area (Å²) in [5.41, 5.74) is 1.90. The van der Waals surface area contributed by atoms with Crippen LogP contribution in [0.3, 0.4) is 0 Å². The number of nitrogens with one attached hydrogen (secondary N) is 2. The van der Waals surface area contributed by atoms with Gasteiger partial charge in [-0.25, -0.2) is 18.4 Å². The number of aromatic nitrogens is 2. The zero-order chi connectivity index (χ0) is 24.7. The van der Waals surface area contributed by atoms with Crippen molar-refractivity contribution in [1.82, 2.24) is 9.97 Å². The van der Waals surface area contributed by atoms with E-state index in [1.165, 1.54) is 6.07 Å². The van der Waals surface area contributed by atoms with Crippen molar-refractivity contribution in [3.05, 3.63) is 82.4 Å². The minimum absolute atomic E-state index is 0.00563. The highest BCUT2D eigenvalue weighted by Crippen LogP contribution is 2.35. The number of hydrogen-bond acceptors (Lipinski definition) is 5. The Kier molecular flexibility index (Phi) is 6.13. The van der Waals surface area contributed by atoms with Gasteiger partial charge >= 0.3 is 6.18 Å². The second-order valence-corrected chi connectivity index (χ2v) is 9.67. The number of halogens is 4. The summed E-state index contributed by atoms with van der Waals surface area (Å²) in [6.07, 6.45) is -4.86. The first-order chi connectivity index (χ1) is 15.9. The number of rotatable bonds is 5. The Balaban J connectivity index is 1.86. The lowest BCUT2D eigenvalue weighted by atomic mass is 10.1. The topological polar surface area (TPSA) is 84.0 Å². The largest absolute Gasteiger partial charge is 0.417 e. The Labute approximate surface area is 198 Å². The van der Waals surface area contributed by atoms with Gasteiger partial charge in [-0.15, -0.1) is 0 Å². The maximum absolute atomic E-state index is 13.5. The quantitative estimate of drug-likeness (QED) is 0.324. The Bertz CT molecular complexity index is 1510. The summed E-state index contributed by atoms with van der Waals surface area (Å²) in [6.45, 7) is 3.75. The predicted octanol–water partition coefficient (Wildman–Crippen LogP) is 6.46. The molecule has 0 atom stereocenters. The zero-order valence-electron chi connectivity index (χ0n) is 17.9. The number of alkyl halides is 3.